The first kappa shape index (κ1) is 17.5. The summed E-state index contributed by atoms with van der Waals surface area (Å²) in [5, 5.41) is 9.00. The molecule has 0 atom stereocenters. The molecule has 0 saturated carbocycles. The Bertz CT molecular complexity index is 620. The Kier molecular flexibility index (Phi) is 5.76. The number of nitrogens with two attached hydrogens (primary N) is 1. The predicted molar refractivity (Wildman–Crippen MR) is 92.7 cm³/mol. The molecular formula is C16H24N4O2S. The highest BCUT2D eigenvalue weighted by atomic mass is 32.2. The molecule has 0 spiro atoms. The third-order valence-corrected chi connectivity index (χ3v) is 3.96. The van der Waals surface area contributed by atoms with E-state index >= 15 is 0 Å². The monoisotopic (exact) mass is 336 g/mol. The van der Waals surface area contributed by atoms with Crippen LogP contribution in [0.4, 0.5) is 0 Å². The Hall–Kier alpha value is -1.89. The SMILES string of the molecule is CCOc1ccc(OCCSc2nnc(C(C)(C)C)n2N)cc1. The third-order valence-electron chi connectivity index (χ3n) is 3.05. The van der Waals surface area contributed by atoms with Crippen LogP contribution < -0.4 is 15.3 Å². The van der Waals surface area contributed by atoms with E-state index in [0.29, 0.717) is 18.4 Å². The lowest BCUT2D eigenvalue weighted by Gasteiger charge is -2.16. The molecule has 0 radical (unpaired) electrons. The van der Waals surface area contributed by atoms with Crippen LogP contribution in [0.2, 0.25) is 0 Å². The maximum Gasteiger partial charge on any atom is 0.209 e. The lowest BCUT2D eigenvalue weighted by Crippen LogP contribution is -2.24. The second-order valence-corrected chi connectivity index (χ2v) is 7.09. The van der Waals surface area contributed by atoms with Crippen molar-refractivity contribution in [1.82, 2.24) is 14.9 Å². The van der Waals surface area contributed by atoms with Crippen LogP contribution >= 0.6 is 11.8 Å². The second kappa shape index (κ2) is 7.59. The molecule has 6 nitrogen and oxygen atoms in total. The van der Waals surface area contributed by atoms with Crippen molar-refractivity contribution < 1.29 is 9.47 Å². The van der Waals surface area contributed by atoms with E-state index in [4.69, 9.17) is 15.3 Å². The van der Waals surface area contributed by atoms with Crippen LogP contribution in [0.15, 0.2) is 29.4 Å². The van der Waals surface area contributed by atoms with E-state index in [9.17, 15) is 0 Å². The van der Waals surface area contributed by atoms with Crippen molar-refractivity contribution in [3.63, 3.8) is 0 Å². The maximum atomic E-state index is 6.04. The van der Waals surface area contributed by atoms with E-state index in [0.717, 1.165) is 23.1 Å². The van der Waals surface area contributed by atoms with Crippen LogP contribution in [0.1, 0.15) is 33.5 Å². The summed E-state index contributed by atoms with van der Waals surface area (Å²) < 4.78 is 12.7. The smallest absolute Gasteiger partial charge is 0.209 e. The van der Waals surface area contributed by atoms with E-state index in [1.807, 2.05) is 31.2 Å². The first-order valence-corrected chi connectivity index (χ1v) is 8.60. The minimum atomic E-state index is -0.126. The van der Waals surface area contributed by atoms with Crippen molar-refractivity contribution in [3.8, 4) is 11.5 Å². The van der Waals surface area contributed by atoms with Crippen molar-refractivity contribution in [2.45, 2.75) is 38.3 Å². The molecule has 1 aromatic carbocycles. The topological polar surface area (TPSA) is 75.2 Å². The highest BCUT2D eigenvalue weighted by molar-refractivity contribution is 7.99. The van der Waals surface area contributed by atoms with Gasteiger partial charge < -0.3 is 15.3 Å². The summed E-state index contributed by atoms with van der Waals surface area (Å²) in [6, 6.07) is 7.60. The maximum absolute atomic E-state index is 6.04. The summed E-state index contributed by atoms with van der Waals surface area (Å²) in [4.78, 5) is 0. The molecule has 2 N–H and O–H groups in total. The lowest BCUT2D eigenvalue weighted by molar-refractivity contribution is 0.332. The number of thioether (sulfide) groups is 1. The fourth-order valence-electron chi connectivity index (χ4n) is 1.98. The van der Waals surface area contributed by atoms with E-state index in [-0.39, 0.29) is 5.41 Å². The van der Waals surface area contributed by atoms with E-state index in [1.165, 1.54) is 11.8 Å². The highest BCUT2D eigenvalue weighted by Crippen LogP contribution is 2.23. The van der Waals surface area contributed by atoms with Crippen molar-refractivity contribution in [2.24, 2.45) is 0 Å². The zero-order chi connectivity index (χ0) is 16.9. The lowest BCUT2D eigenvalue weighted by atomic mass is 9.96. The van der Waals surface area contributed by atoms with Crippen LogP contribution in [0.5, 0.6) is 11.5 Å². The second-order valence-electron chi connectivity index (χ2n) is 6.03. The minimum absolute atomic E-state index is 0.126. The van der Waals surface area contributed by atoms with E-state index in [2.05, 4.69) is 31.0 Å². The molecule has 0 aliphatic rings. The number of nitrogen functional groups attached to an aromatic ring is 1. The van der Waals surface area contributed by atoms with Crippen LogP contribution in [0, 0.1) is 0 Å². The molecule has 0 bridgehead atoms. The number of rotatable bonds is 7. The van der Waals surface area contributed by atoms with Crippen molar-refractivity contribution in [1.29, 1.82) is 0 Å². The van der Waals surface area contributed by atoms with Crippen LogP contribution in [-0.2, 0) is 5.41 Å². The number of aromatic nitrogens is 3. The summed E-state index contributed by atoms with van der Waals surface area (Å²) in [5.41, 5.74) is -0.126. The van der Waals surface area contributed by atoms with Crippen molar-refractivity contribution in [2.75, 3.05) is 24.8 Å². The Labute approximate surface area is 141 Å². The molecule has 0 saturated heterocycles. The van der Waals surface area contributed by atoms with Gasteiger partial charge >= 0.3 is 0 Å². The van der Waals surface area contributed by atoms with Crippen LogP contribution in [0.25, 0.3) is 0 Å². The molecule has 1 heterocycles. The largest absolute Gasteiger partial charge is 0.494 e. The molecule has 23 heavy (non-hydrogen) atoms. The van der Waals surface area contributed by atoms with Gasteiger partial charge in [0.2, 0.25) is 5.16 Å². The quantitative estimate of drug-likeness (QED) is 0.476. The highest BCUT2D eigenvalue weighted by Gasteiger charge is 2.22. The fourth-order valence-corrected chi connectivity index (χ4v) is 2.65. The normalized spacial score (nSPS) is 11.5. The number of hydrogen-bond acceptors (Lipinski definition) is 6. The van der Waals surface area contributed by atoms with Gasteiger partial charge in [0.15, 0.2) is 5.82 Å². The van der Waals surface area contributed by atoms with Gasteiger partial charge in [0.05, 0.1) is 13.2 Å². The summed E-state index contributed by atoms with van der Waals surface area (Å²) in [6.45, 7) is 9.37. The van der Waals surface area contributed by atoms with Gasteiger partial charge in [-0.1, -0.05) is 32.5 Å². The standard InChI is InChI=1S/C16H24N4O2S/c1-5-21-12-6-8-13(9-7-12)22-10-11-23-15-19-18-14(20(15)17)16(2,3)4/h6-9H,5,10-11,17H2,1-4H3. The predicted octanol–water partition coefficient (Wildman–Crippen LogP) is 2.86. The van der Waals surface area contributed by atoms with Crippen LogP contribution in [0.3, 0.4) is 0 Å². The molecule has 1 aromatic heterocycles. The minimum Gasteiger partial charge on any atom is -0.494 e. The zero-order valence-electron chi connectivity index (χ0n) is 14.1. The number of ether oxygens (including phenoxy) is 2. The summed E-state index contributed by atoms with van der Waals surface area (Å²) in [6.07, 6.45) is 0. The van der Waals surface area contributed by atoms with Crippen molar-refractivity contribution in [3.05, 3.63) is 30.1 Å². The molecule has 0 aliphatic heterocycles. The summed E-state index contributed by atoms with van der Waals surface area (Å²) in [5.74, 6) is 9.22. The molecule has 126 valence electrons. The number of nitrogens with zero attached hydrogens (tertiary/aromatic N) is 3. The van der Waals surface area contributed by atoms with Gasteiger partial charge in [-0.2, -0.15) is 0 Å². The van der Waals surface area contributed by atoms with E-state index < -0.39 is 0 Å². The molecule has 2 rings (SSSR count). The summed E-state index contributed by atoms with van der Waals surface area (Å²) in [7, 11) is 0. The molecule has 2 aromatic rings. The molecule has 7 heteroatoms. The van der Waals surface area contributed by atoms with Crippen LogP contribution in [-0.4, -0.2) is 33.8 Å². The molecular weight excluding hydrogens is 312 g/mol. The van der Waals surface area contributed by atoms with Gasteiger partial charge in [-0.15, -0.1) is 10.2 Å². The van der Waals surface area contributed by atoms with E-state index in [1.54, 1.807) is 4.68 Å². The molecule has 0 fully saturated rings. The zero-order valence-corrected chi connectivity index (χ0v) is 14.9. The van der Waals surface area contributed by atoms with Gasteiger partial charge in [-0.25, -0.2) is 4.68 Å². The third kappa shape index (κ3) is 4.79. The number of hydrogen-bond donors (Lipinski definition) is 1. The average molecular weight is 336 g/mol. The first-order chi connectivity index (χ1) is 10.9. The number of benzene rings is 1. The Morgan fingerprint density at radius 1 is 1.09 bits per heavy atom. The van der Waals surface area contributed by atoms with Gasteiger partial charge in [0.1, 0.15) is 11.5 Å². The Balaban J connectivity index is 1.80. The Morgan fingerprint density at radius 2 is 1.70 bits per heavy atom. The van der Waals surface area contributed by atoms with Gasteiger partial charge in [-0.3, -0.25) is 0 Å². The van der Waals surface area contributed by atoms with Gasteiger partial charge in [0, 0.05) is 11.2 Å². The molecule has 0 unspecified atom stereocenters. The molecule has 0 amide bonds. The van der Waals surface area contributed by atoms with Gasteiger partial charge in [0.25, 0.3) is 0 Å². The van der Waals surface area contributed by atoms with Gasteiger partial charge in [-0.05, 0) is 31.2 Å². The average Bonchev–Trinajstić information content (AvgIpc) is 2.87. The first-order valence-electron chi connectivity index (χ1n) is 7.61. The summed E-state index contributed by atoms with van der Waals surface area (Å²) >= 11 is 1.53. The Morgan fingerprint density at radius 3 is 2.22 bits per heavy atom. The fraction of sp³-hybridized carbons (Fsp3) is 0.500. The van der Waals surface area contributed by atoms with Crippen molar-refractivity contribution >= 4 is 11.8 Å². The molecule has 0 aliphatic carbocycles.